The van der Waals surface area contributed by atoms with Gasteiger partial charge in [-0.3, -0.25) is 9.79 Å². The second kappa shape index (κ2) is 7.08. The number of nitrogens with one attached hydrogen (secondary N) is 2. The second-order valence-electron chi connectivity index (χ2n) is 10.2. The summed E-state index contributed by atoms with van der Waals surface area (Å²) in [5, 5.41) is 5.96. The average molecular weight is 425 g/mol. The number of hydrogen-bond donors (Lipinski definition) is 2. The zero-order valence-electron chi connectivity index (χ0n) is 18.6. The van der Waals surface area contributed by atoms with Crippen LogP contribution in [0, 0.1) is 0 Å². The van der Waals surface area contributed by atoms with Gasteiger partial charge in [-0.25, -0.2) is 4.79 Å². The highest BCUT2D eigenvalue weighted by molar-refractivity contribution is 6.82. The van der Waals surface area contributed by atoms with Gasteiger partial charge in [0.05, 0.1) is 26.7 Å². The lowest BCUT2D eigenvalue weighted by Gasteiger charge is -2.49. The molecule has 2 heterocycles. The number of carbonyl (C=O) groups is 2. The lowest BCUT2D eigenvalue weighted by atomic mass is 9.83. The van der Waals surface area contributed by atoms with Crippen molar-refractivity contribution < 1.29 is 9.59 Å². The van der Waals surface area contributed by atoms with E-state index in [4.69, 9.17) is 0 Å². The van der Waals surface area contributed by atoms with Gasteiger partial charge in [0.2, 0.25) is 5.91 Å². The van der Waals surface area contributed by atoms with Crippen molar-refractivity contribution in [3.8, 4) is 0 Å². The van der Waals surface area contributed by atoms with Crippen LogP contribution in [-0.4, -0.2) is 49.4 Å². The highest BCUT2D eigenvalue weighted by Gasteiger charge is 2.54. The van der Waals surface area contributed by atoms with Crippen LogP contribution in [0.5, 0.6) is 0 Å². The number of aliphatic imine (C=N–C) groups is 1. The molecule has 1 saturated carbocycles. The first kappa shape index (κ1) is 20.8. The van der Waals surface area contributed by atoms with Gasteiger partial charge in [-0.1, -0.05) is 44.3 Å². The molecular formula is C23H32N4O2Si. The van der Waals surface area contributed by atoms with E-state index < -0.39 is 13.6 Å². The second-order valence-corrected chi connectivity index (χ2v) is 15.7. The molecule has 1 fully saturated rings. The van der Waals surface area contributed by atoms with Gasteiger partial charge in [0.1, 0.15) is 5.84 Å². The third-order valence-corrected chi connectivity index (χ3v) is 11.0. The minimum atomic E-state index is -1.65. The molecule has 0 atom stereocenters. The number of benzene rings is 1. The first-order valence-corrected chi connectivity index (χ1v) is 14.3. The topological polar surface area (TPSA) is 73.8 Å². The maximum Gasteiger partial charge on any atom is 0.322 e. The van der Waals surface area contributed by atoms with Gasteiger partial charge in [-0.2, -0.15) is 0 Å². The standard InChI is InChI=1S/C23H32N4O2Si/c1-22(2)18-14-24-19(26-20(28)23(12-9-13-23)30(3,4)5)17(18)15-27(22)21(29)25-16-10-7-6-8-11-16/h6-8,10-11H,9,12-15H2,1-5H3,(H,25,29)(H,24,26,28). The molecule has 6 nitrogen and oxygen atoms in total. The van der Waals surface area contributed by atoms with Crippen LogP contribution in [0.4, 0.5) is 10.5 Å². The Balaban J connectivity index is 1.50. The lowest BCUT2D eigenvalue weighted by molar-refractivity contribution is -0.125. The predicted octanol–water partition coefficient (Wildman–Crippen LogP) is 4.40. The third kappa shape index (κ3) is 3.19. The molecule has 2 N–H and O–H groups in total. The van der Waals surface area contributed by atoms with Gasteiger partial charge in [-0.05, 0) is 44.4 Å². The monoisotopic (exact) mass is 424 g/mol. The summed E-state index contributed by atoms with van der Waals surface area (Å²) in [5.41, 5.74) is 2.45. The van der Waals surface area contributed by atoms with E-state index in [1.807, 2.05) is 35.2 Å². The fourth-order valence-corrected chi connectivity index (χ4v) is 7.57. The summed E-state index contributed by atoms with van der Waals surface area (Å²) in [6, 6.07) is 9.35. The van der Waals surface area contributed by atoms with E-state index in [9.17, 15) is 9.59 Å². The van der Waals surface area contributed by atoms with E-state index >= 15 is 0 Å². The first-order chi connectivity index (χ1) is 14.1. The molecule has 2 aliphatic heterocycles. The van der Waals surface area contributed by atoms with Gasteiger partial charge in [0.25, 0.3) is 0 Å². The average Bonchev–Trinajstić information content (AvgIpc) is 3.12. The van der Waals surface area contributed by atoms with E-state index in [1.165, 1.54) is 0 Å². The van der Waals surface area contributed by atoms with E-state index in [-0.39, 0.29) is 17.0 Å². The number of para-hydroxylation sites is 1. The number of amidine groups is 1. The molecule has 3 aliphatic rings. The molecule has 0 bridgehead atoms. The lowest BCUT2D eigenvalue weighted by Crippen LogP contribution is -2.55. The van der Waals surface area contributed by atoms with Crippen molar-refractivity contribution in [2.24, 2.45) is 4.99 Å². The van der Waals surface area contributed by atoms with E-state index in [2.05, 4.69) is 49.1 Å². The summed E-state index contributed by atoms with van der Waals surface area (Å²) in [4.78, 5) is 32.8. The van der Waals surface area contributed by atoms with Crippen LogP contribution < -0.4 is 10.6 Å². The van der Waals surface area contributed by atoms with Crippen LogP contribution in [0.1, 0.15) is 33.1 Å². The van der Waals surface area contributed by atoms with Crippen LogP contribution >= 0.6 is 0 Å². The molecule has 1 aliphatic carbocycles. The summed E-state index contributed by atoms with van der Waals surface area (Å²) in [7, 11) is -1.65. The Morgan fingerprint density at radius 3 is 2.30 bits per heavy atom. The maximum atomic E-state index is 13.3. The van der Waals surface area contributed by atoms with E-state index in [0.717, 1.165) is 36.1 Å². The largest absolute Gasteiger partial charge is 0.322 e. The smallest absolute Gasteiger partial charge is 0.311 e. The molecule has 0 radical (unpaired) electrons. The summed E-state index contributed by atoms with van der Waals surface area (Å²) in [6.07, 6.45) is 3.08. The Labute approximate surface area is 179 Å². The van der Waals surface area contributed by atoms with Crippen molar-refractivity contribution in [2.45, 2.75) is 63.3 Å². The number of urea groups is 1. The van der Waals surface area contributed by atoms with Gasteiger partial charge >= 0.3 is 6.03 Å². The fraction of sp³-hybridized carbons (Fsp3) is 0.522. The van der Waals surface area contributed by atoms with Crippen molar-refractivity contribution in [1.29, 1.82) is 0 Å². The number of carbonyl (C=O) groups excluding carboxylic acids is 2. The summed E-state index contributed by atoms with van der Waals surface area (Å²) < 4.78 is 0. The van der Waals surface area contributed by atoms with Gasteiger partial charge in [0, 0.05) is 16.3 Å². The van der Waals surface area contributed by atoms with Crippen molar-refractivity contribution in [1.82, 2.24) is 10.2 Å². The Kier molecular flexibility index (Phi) is 4.92. The molecule has 160 valence electrons. The molecule has 1 aromatic carbocycles. The highest BCUT2D eigenvalue weighted by atomic mass is 28.3. The number of hydrogen-bond acceptors (Lipinski definition) is 3. The highest BCUT2D eigenvalue weighted by Crippen LogP contribution is 2.55. The van der Waals surface area contributed by atoms with Crippen LogP contribution in [-0.2, 0) is 4.79 Å². The minimum absolute atomic E-state index is 0.130. The molecular weight excluding hydrogens is 392 g/mol. The summed E-state index contributed by atoms with van der Waals surface area (Å²) >= 11 is 0. The van der Waals surface area contributed by atoms with Crippen molar-refractivity contribution in [2.75, 3.05) is 18.4 Å². The van der Waals surface area contributed by atoms with Crippen LogP contribution in [0.3, 0.4) is 0 Å². The SMILES string of the molecule is CC1(C)C2=C(CN1C(=O)Nc1ccccc1)C(NC(=O)C1([Si](C)(C)C)CCC1)=NC2. The van der Waals surface area contributed by atoms with Gasteiger partial charge in [0.15, 0.2) is 0 Å². The maximum absolute atomic E-state index is 13.3. The molecule has 3 amide bonds. The molecule has 0 spiro atoms. The molecule has 0 unspecified atom stereocenters. The fourth-order valence-electron chi connectivity index (χ4n) is 4.97. The van der Waals surface area contributed by atoms with Crippen molar-refractivity contribution >= 4 is 31.5 Å². The Bertz CT molecular complexity index is 940. The molecule has 0 aromatic heterocycles. The van der Waals surface area contributed by atoms with E-state index in [0.29, 0.717) is 18.9 Å². The molecule has 30 heavy (non-hydrogen) atoms. The number of amides is 3. The minimum Gasteiger partial charge on any atom is -0.311 e. The zero-order chi connectivity index (χ0) is 21.7. The molecule has 7 heteroatoms. The number of nitrogens with zero attached hydrogens (tertiary/aromatic N) is 2. The normalized spacial score (nSPS) is 21.6. The third-order valence-electron chi connectivity index (χ3n) is 7.35. The summed E-state index contributed by atoms with van der Waals surface area (Å²) in [5.74, 6) is 0.799. The Morgan fingerprint density at radius 1 is 1.07 bits per heavy atom. The first-order valence-electron chi connectivity index (χ1n) is 10.8. The number of rotatable bonds is 3. The van der Waals surface area contributed by atoms with Crippen LogP contribution in [0.15, 0.2) is 46.5 Å². The van der Waals surface area contributed by atoms with Crippen LogP contribution in [0.25, 0.3) is 0 Å². The van der Waals surface area contributed by atoms with E-state index in [1.54, 1.807) is 0 Å². The zero-order valence-corrected chi connectivity index (χ0v) is 19.6. The molecule has 4 rings (SSSR count). The molecule has 1 aromatic rings. The van der Waals surface area contributed by atoms with Crippen LogP contribution in [0.2, 0.25) is 24.7 Å². The Hall–Kier alpha value is -2.41. The predicted molar refractivity (Wildman–Crippen MR) is 124 cm³/mol. The van der Waals surface area contributed by atoms with Crippen molar-refractivity contribution in [3.05, 3.63) is 41.5 Å². The van der Waals surface area contributed by atoms with Gasteiger partial charge < -0.3 is 15.5 Å². The quantitative estimate of drug-likeness (QED) is 0.706. The molecule has 0 saturated heterocycles. The number of anilines is 1. The van der Waals surface area contributed by atoms with Gasteiger partial charge in [-0.15, -0.1) is 0 Å². The van der Waals surface area contributed by atoms with Crippen molar-refractivity contribution in [3.63, 3.8) is 0 Å². The Morgan fingerprint density at radius 2 is 1.73 bits per heavy atom. The summed E-state index contributed by atoms with van der Waals surface area (Å²) in [6.45, 7) is 11.9.